The van der Waals surface area contributed by atoms with Crippen molar-refractivity contribution < 1.29 is 42.9 Å². The van der Waals surface area contributed by atoms with Crippen LogP contribution in [0.15, 0.2) is 0 Å². The van der Waals surface area contributed by atoms with Crippen molar-refractivity contribution in [1.29, 1.82) is 0 Å². The van der Waals surface area contributed by atoms with Gasteiger partial charge in [-0.2, -0.15) is 0 Å². The number of esters is 3. The highest BCUT2D eigenvalue weighted by Crippen LogP contribution is 2.27. The van der Waals surface area contributed by atoms with Crippen molar-refractivity contribution in [3.05, 3.63) is 0 Å². The molecular formula is C17H23NO9. The topological polar surface area (TPSA) is 126 Å². The summed E-state index contributed by atoms with van der Waals surface area (Å²) in [6, 6.07) is -1.02. The zero-order chi connectivity index (χ0) is 20.6. The molecule has 1 aliphatic rings. The van der Waals surface area contributed by atoms with E-state index in [9.17, 15) is 19.2 Å². The van der Waals surface area contributed by atoms with E-state index in [-0.39, 0.29) is 13.2 Å². The zero-order valence-corrected chi connectivity index (χ0v) is 15.6. The van der Waals surface area contributed by atoms with Crippen LogP contribution < -0.4 is 5.32 Å². The van der Waals surface area contributed by atoms with E-state index < -0.39 is 54.5 Å². The number of hydrogen-bond acceptors (Lipinski definition) is 9. The summed E-state index contributed by atoms with van der Waals surface area (Å²) in [7, 11) is 0. The van der Waals surface area contributed by atoms with Crippen LogP contribution in [0.4, 0.5) is 0 Å². The fourth-order valence-corrected chi connectivity index (χ4v) is 2.56. The first-order valence-electron chi connectivity index (χ1n) is 8.11. The molecule has 150 valence electrons. The molecule has 5 unspecified atom stereocenters. The highest BCUT2D eigenvalue weighted by Gasteiger charge is 2.51. The molecule has 1 amide bonds. The van der Waals surface area contributed by atoms with Gasteiger partial charge in [0.05, 0.1) is 0 Å². The van der Waals surface area contributed by atoms with Gasteiger partial charge in [0.2, 0.25) is 5.91 Å². The summed E-state index contributed by atoms with van der Waals surface area (Å²) in [5.41, 5.74) is 0. The molecule has 10 heteroatoms. The summed E-state index contributed by atoms with van der Waals surface area (Å²) in [6.07, 6.45) is 0.717. The van der Waals surface area contributed by atoms with Crippen molar-refractivity contribution >= 4 is 23.8 Å². The summed E-state index contributed by atoms with van der Waals surface area (Å²) >= 11 is 0. The van der Waals surface area contributed by atoms with E-state index in [4.69, 9.17) is 30.1 Å². The molecule has 0 aromatic rings. The van der Waals surface area contributed by atoms with Crippen LogP contribution in [-0.2, 0) is 42.9 Å². The molecule has 0 aliphatic carbocycles. The van der Waals surface area contributed by atoms with E-state index in [1.54, 1.807) is 0 Å². The second-order valence-corrected chi connectivity index (χ2v) is 5.74. The summed E-state index contributed by atoms with van der Waals surface area (Å²) in [6.45, 7) is 4.29. The molecule has 0 spiro atoms. The van der Waals surface area contributed by atoms with Gasteiger partial charge in [0.25, 0.3) is 0 Å². The molecule has 0 aromatic heterocycles. The van der Waals surface area contributed by atoms with E-state index in [0.717, 1.165) is 13.8 Å². The number of amides is 1. The summed E-state index contributed by atoms with van der Waals surface area (Å²) in [5, 5.41) is 2.55. The Morgan fingerprint density at radius 1 is 1.00 bits per heavy atom. The maximum atomic E-state index is 11.6. The lowest BCUT2D eigenvalue weighted by molar-refractivity contribution is -0.274. The highest BCUT2D eigenvalue weighted by atomic mass is 16.7. The van der Waals surface area contributed by atoms with Gasteiger partial charge in [-0.1, -0.05) is 5.92 Å². The molecule has 1 heterocycles. The molecular weight excluding hydrogens is 362 g/mol. The summed E-state index contributed by atoms with van der Waals surface area (Å²) in [4.78, 5) is 45.9. The van der Waals surface area contributed by atoms with Crippen molar-refractivity contribution in [2.24, 2.45) is 0 Å². The van der Waals surface area contributed by atoms with E-state index in [2.05, 4.69) is 11.2 Å². The molecule has 5 atom stereocenters. The molecule has 1 fully saturated rings. The summed E-state index contributed by atoms with van der Waals surface area (Å²) < 4.78 is 26.6. The Bertz CT molecular complexity index is 612. The molecule has 1 saturated heterocycles. The molecule has 27 heavy (non-hydrogen) atoms. The van der Waals surface area contributed by atoms with Crippen molar-refractivity contribution in [3.63, 3.8) is 0 Å². The van der Waals surface area contributed by atoms with Gasteiger partial charge in [0, 0.05) is 27.7 Å². The lowest BCUT2D eigenvalue weighted by atomic mass is 9.96. The van der Waals surface area contributed by atoms with Crippen LogP contribution in [0.3, 0.4) is 0 Å². The Morgan fingerprint density at radius 2 is 1.59 bits per heavy atom. The van der Waals surface area contributed by atoms with E-state index in [1.165, 1.54) is 13.8 Å². The third kappa shape index (κ3) is 7.24. The van der Waals surface area contributed by atoms with Crippen LogP contribution in [0.25, 0.3) is 0 Å². The third-order valence-electron chi connectivity index (χ3n) is 3.40. The van der Waals surface area contributed by atoms with Gasteiger partial charge in [-0.15, -0.1) is 6.42 Å². The van der Waals surface area contributed by atoms with Crippen LogP contribution in [0.2, 0.25) is 0 Å². The predicted octanol–water partition coefficient (Wildman–Crippen LogP) is -0.708. The van der Waals surface area contributed by atoms with Crippen LogP contribution in [0.1, 0.15) is 27.7 Å². The molecule has 0 saturated carbocycles. The van der Waals surface area contributed by atoms with Gasteiger partial charge >= 0.3 is 17.9 Å². The number of hydrogen-bond donors (Lipinski definition) is 1. The number of rotatable bonds is 7. The highest BCUT2D eigenvalue weighted by molar-refractivity contribution is 5.73. The SMILES string of the molecule is C#CCOC1OC(COC(C)=O)C(OC(C)=O)C(OC(C)=O)C1NC(C)=O. The number of nitrogens with one attached hydrogen (secondary N) is 1. The van der Waals surface area contributed by atoms with E-state index >= 15 is 0 Å². The largest absolute Gasteiger partial charge is 0.463 e. The Kier molecular flexibility index (Phi) is 8.71. The van der Waals surface area contributed by atoms with Crippen LogP contribution in [0, 0.1) is 12.3 Å². The van der Waals surface area contributed by atoms with Gasteiger partial charge < -0.3 is 29.0 Å². The Morgan fingerprint density at radius 3 is 2.07 bits per heavy atom. The van der Waals surface area contributed by atoms with E-state index in [0.29, 0.717) is 0 Å². The Hall–Kier alpha value is -2.64. The fraction of sp³-hybridized carbons (Fsp3) is 0.647. The molecule has 1 rings (SSSR count). The Labute approximate surface area is 156 Å². The van der Waals surface area contributed by atoms with Crippen LogP contribution >= 0.6 is 0 Å². The number of carbonyl (C=O) groups excluding carboxylic acids is 4. The second-order valence-electron chi connectivity index (χ2n) is 5.74. The number of carbonyl (C=O) groups is 4. The first-order chi connectivity index (χ1) is 12.6. The van der Waals surface area contributed by atoms with Crippen molar-refractivity contribution in [2.45, 2.75) is 58.3 Å². The normalized spacial score (nSPS) is 27.0. The molecule has 0 bridgehead atoms. The van der Waals surface area contributed by atoms with Gasteiger partial charge in [-0.05, 0) is 0 Å². The predicted molar refractivity (Wildman–Crippen MR) is 88.8 cm³/mol. The van der Waals surface area contributed by atoms with Crippen LogP contribution in [-0.4, -0.2) is 67.7 Å². The van der Waals surface area contributed by atoms with Gasteiger partial charge in [-0.3, -0.25) is 19.2 Å². The molecule has 10 nitrogen and oxygen atoms in total. The molecule has 1 aliphatic heterocycles. The minimum Gasteiger partial charge on any atom is -0.463 e. The lowest BCUT2D eigenvalue weighted by Crippen LogP contribution is -2.66. The Balaban J connectivity index is 3.25. The first-order valence-corrected chi connectivity index (χ1v) is 8.11. The van der Waals surface area contributed by atoms with Crippen molar-refractivity contribution in [2.75, 3.05) is 13.2 Å². The average molecular weight is 385 g/mol. The smallest absolute Gasteiger partial charge is 0.303 e. The molecule has 1 N–H and O–H groups in total. The maximum absolute atomic E-state index is 11.6. The van der Waals surface area contributed by atoms with Crippen LogP contribution in [0.5, 0.6) is 0 Å². The third-order valence-corrected chi connectivity index (χ3v) is 3.40. The van der Waals surface area contributed by atoms with Crippen molar-refractivity contribution in [3.8, 4) is 12.3 Å². The summed E-state index contributed by atoms with van der Waals surface area (Å²) in [5.74, 6) is -0.158. The minimum absolute atomic E-state index is 0.161. The maximum Gasteiger partial charge on any atom is 0.303 e. The lowest BCUT2D eigenvalue weighted by Gasteiger charge is -2.44. The minimum atomic E-state index is -1.16. The fourth-order valence-electron chi connectivity index (χ4n) is 2.56. The van der Waals surface area contributed by atoms with Gasteiger partial charge in [0.1, 0.15) is 25.4 Å². The van der Waals surface area contributed by atoms with Gasteiger partial charge in [0.15, 0.2) is 18.5 Å². The first kappa shape index (κ1) is 22.4. The monoisotopic (exact) mass is 385 g/mol. The van der Waals surface area contributed by atoms with E-state index in [1.807, 2.05) is 0 Å². The van der Waals surface area contributed by atoms with Crippen molar-refractivity contribution in [1.82, 2.24) is 5.32 Å². The standard InChI is InChI=1S/C17H23NO9/c1-6-7-23-17-14(18-9(2)19)16(26-12(5)22)15(25-11(4)21)13(27-17)8-24-10(3)20/h1,13-17H,7-8H2,2-5H3,(H,18,19). The number of terminal acetylenes is 1. The number of ether oxygens (including phenoxy) is 5. The average Bonchev–Trinajstić information content (AvgIpc) is 2.54. The molecule has 0 radical (unpaired) electrons. The quantitative estimate of drug-likeness (QED) is 0.343. The second kappa shape index (κ2) is 10.5. The zero-order valence-electron chi connectivity index (χ0n) is 15.6. The van der Waals surface area contributed by atoms with Gasteiger partial charge in [-0.25, -0.2) is 0 Å². The molecule has 0 aromatic carbocycles.